The summed E-state index contributed by atoms with van der Waals surface area (Å²) in [6.07, 6.45) is 0.626. The van der Waals surface area contributed by atoms with E-state index in [1.807, 2.05) is 20.8 Å². The number of hydrogen-bond donors (Lipinski definition) is 0. The van der Waals surface area contributed by atoms with E-state index < -0.39 is 0 Å². The molecule has 0 saturated carbocycles. The molecule has 1 unspecified atom stereocenters. The molecule has 1 atom stereocenters. The van der Waals surface area contributed by atoms with E-state index in [-0.39, 0.29) is 5.92 Å². The van der Waals surface area contributed by atoms with Gasteiger partial charge in [-0.25, -0.2) is 0 Å². The van der Waals surface area contributed by atoms with Gasteiger partial charge < -0.3 is 0 Å². The normalized spacial score (nSPS) is 13.7. The molecule has 0 bridgehead atoms. The van der Waals surface area contributed by atoms with E-state index in [1.54, 1.807) is 0 Å². The topological polar surface area (TPSA) is 17.1 Å². The smallest absolute Gasteiger partial charge is 0.135 e. The van der Waals surface area contributed by atoms with Crippen molar-refractivity contribution in [1.29, 1.82) is 0 Å². The van der Waals surface area contributed by atoms with Crippen LogP contribution < -0.4 is 0 Å². The first-order valence-electron chi connectivity index (χ1n) is 3.66. The van der Waals surface area contributed by atoms with Crippen molar-refractivity contribution in [2.75, 3.05) is 5.88 Å². The Kier molecular flexibility index (Phi) is 4.71. The molecule has 1 nitrogen and oxygen atoms in total. The van der Waals surface area contributed by atoms with E-state index in [0.29, 0.717) is 24.0 Å². The van der Waals surface area contributed by atoms with Crippen molar-refractivity contribution in [3.05, 3.63) is 0 Å². The minimum atomic E-state index is 0.158. The van der Waals surface area contributed by atoms with Crippen LogP contribution in [0.5, 0.6) is 0 Å². The van der Waals surface area contributed by atoms with E-state index in [1.165, 1.54) is 0 Å². The predicted octanol–water partition coefficient (Wildman–Crippen LogP) is 2.48. The van der Waals surface area contributed by atoms with Gasteiger partial charge in [-0.1, -0.05) is 20.8 Å². The zero-order valence-corrected chi connectivity index (χ0v) is 7.61. The molecule has 0 aromatic rings. The summed E-state index contributed by atoms with van der Waals surface area (Å²) in [6.45, 7) is 5.83. The number of hydrogen-bond acceptors (Lipinski definition) is 1. The number of rotatable bonds is 4. The summed E-state index contributed by atoms with van der Waals surface area (Å²) < 4.78 is 0. The van der Waals surface area contributed by atoms with Crippen molar-refractivity contribution in [3.63, 3.8) is 0 Å². The molecule has 0 rings (SSSR count). The zero-order chi connectivity index (χ0) is 8.15. The third kappa shape index (κ3) is 3.89. The molecule has 10 heavy (non-hydrogen) atoms. The molecule has 0 saturated heterocycles. The zero-order valence-electron chi connectivity index (χ0n) is 6.86. The Bertz CT molecular complexity index is 110. The third-order valence-electron chi connectivity index (χ3n) is 1.46. The molecule has 0 amide bonds. The van der Waals surface area contributed by atoms with Crippen LogP contribution in [0.25, 0.3) is 0 Å². The molecule has 0 aliphatic rings. The lowest BCUT2D eigenvalue weighted by atomic mass is 9.99. The molecule has 0 spiro atoms. The van der Waals surface area contributed by atoms with Crippen LogP contribution in [-0.4, -0.2) is 11.7 Å². The van der Waals surface area contributed by atoms with Gasteiger partial charge in [0.1, 0.15) is 5.78 Å². The van der Waals surface area contributed by atoms with Crippen LogP contribution in [0.1, 0.15) is 27.2 Å². The monoisotopic (exact) mass is 162 g/mol. The summed E-state index contributed by atoms with van der Waals surface area (Å²) in [5.41, 5.74) is 0. The van der Waals surface area contributed by atoms with Crippen LogP contribution in [0.4, 0.5) is 0 Å². The summed E-state index contributed by atoms with van der Waals surface area (Å²) >= 11 is 5.55. The lowest BCUT2D eigenvalue weighted by Crippen LogP contribution is -2.12. The van der Waals surface area contributed by atoms with Crippen molar-refractivity contribution in [3.8, 4) is 0 Å². The van der Waals surface area contributed by atoms with Gasteiger partial charge in [0.15, 0.2) is 0 Å². The molecule has 0 radical (unpaired) electrons. The highest BCUT2D eigenvalue weighted by Gasteiger charge is 2.10. The summed E-state index contributed by atoms with van der Waals surface area (Å²) in [6, 6.07) is 0. The molecule has 60 valence electrons. The first kappa shape index (κ1) is 9.96. The van der Waals surface area contributed by atoms with Crippen LogP contribution in [0.15, 0.2) is 0 Å². The summed E-state index contributed by atoms with van der Waals surface area (Å²) in [7, 11) is 0. The Morgan fingerprint density at radius 1 is 1.40 bits per heavy atom. The Morgan fingerprint density at radius 2 is 1.90 bits per heavy atom. The van der Waals surface area contributed by atoms with Crippen molar-refractivity contribution >= 4 is 17.4 Å². The maximum atomic E-state index is 11.1. The first-order chi connectivity index (χ1) is 4.57. The molecular weight excluding hydrogens is 148 g/mol. The van der Waals surface area contributed by atoms with Gasteiger partial charge in [-0.2, -0.15) is 0 Å². The molecule has 0 aromatic carbocycles. The second-order valence-corrected chi connectivity index (χ2v) is 3.39. The van der Waals surface area contributed by atoms with Crippen LogP contribution in [-0.2, 0) is 4.79 Å². The van der Waals surface area contributed by atoms with E-state index in [4.69, 9.17) is 11.6 Å². The van der Waals surface area contributed by atoms with E-state index in [0.717, 1.165) is 0 Å². The van der Waals surface area contributed by atoms with Crippen LogP contribution in [0, 0.1) is 11.8 Å². The maximum Gasteiger partial charge on any atom is 0.135 e. The highest BCUT2D eigenvalue weighted by atomic mass is 35.5. The molecule has 2 heteroatoms. The van der Waals surface area contributed by atoms with E-state index in [9.17, 15) is 4.79 Å². The number of alkyl halides is 1. The third-order valence-corrected chi connectivity index (χ3v) is 1.98. The van der Waals surface area contributed by atoms with Gasteiger partial charge in [-0.3, -0.25) is 4.79 Å². The second kappa shape index (κ2) is 4.73. The summed E-state index contributed by atoms with van der Waals surface area (Å²) in [4.78, 5) is 11.1. The van der Waals surface area contributed by atoms with Gasteiger partial charge >= 0.3 is 0 Å². The van der Waals surface area contributed by atoms with Crippen LogP contribution >= 0.6 is 11.6 Å². The van der Waals surface area contributed by atoms with Gasteiger partial charge in [0.05, 0.1) is 0 Å². The van der Waals surface area contributed by atoms with Crippen molar-refractivity contribution in [1.82, 2.24) is 0 Å². The van der Waals surface area contributed by atoms with Gasteiger partial charge in [-0.05, 0) is 5.92 Å². The number of carbonyl (C=O) groups excluding carboxylic acids is 1. The first-order valence-corrected chi connectivity index (χ1v) is 4.20. The lowest BCUT2D eigenvalue weighted by Gasteiger charge is -2.07. The van der Waals surface area contributed by atoms with Crippen LogP contribution in [0.2, 0.25) is 0 Å². The van der Waals surface area contributed by atoms with Gasteiger partial charge in [0.25, 0.3) is 0 Å². The fourth-order valence-electron chi connectivity index (χ4n) is 0.634. The number of ketones is 1. The molecule has 0 aromatic heterocycles. The fourth-order valence-corrected chi connectivity index (χ4v) is 0.743. The number of carbonyl (C=O) groups is 1. The van der Waals surface area contributed by atoms with Crippen molar-refractivity contribution in [2.45, 2.75) is 27.2 Å². The maximum absolute atomic E-state index is 11.1. The summed E-state index contributed by atoms with van der Waals surface area (Å²) in [5.74, 6) is 1.38. The Balaban J connectivity index is 3.57. The molecule has 0 heterocycles. The molecule has 0 aliphatic heterocycles. The SMILES string of the molecule is CC(CCl)CC(=O)C(C)C. The van der Waals surface area contributed by atoms with Crippen molar-refractivity contribution < 1.29 is 4.79 Å². The molecule has 0 aliphatic carbocycles. The Labute approximate surface area is 67.8 Å². The van der Waals surface area contributed by atoms with E-state index >= 15 is 0 Å². The van der Waals surface area contributed by atoms with Gasteiger partial charge in [0.2, 0.25) is 0 Å². The molecule has 0 fully saturated rings. The predicted molar refractivity (Wildman–Crippen MR) is 44.3 cm³/mol. The Morgan fingerprint density at radius 3 is 2.20 bits per heavy atom. The fraction of sp³-hybridized carbons (Fsp3) is 0.875. The number of halogens is 1. The molecular formula is C8H15ClO. The minimum Gasteiger partial charge on any atom is -0.299 e. The van der Waals surface area contributed by atoms with Gasteiger partial charge in [0, 0.05) is 18.2 Å². The lowest BCUT2D eigenvalue weighted by molar-refractivity contribution is -0.122. The minimum absolute atomic E-state index is 0.158. The average Bonchev–Trinajstić information content (AvgIpc) is 1.87. The Hall–Kier alpha value is -0.0400. The highest BCUT2D eigenvalue weighted by Crippen LogP contribution is 2.08. The van der Waals surface area contributed by atoms with E-state index in [2.05, 4.69) is 0 Å². The van der Waals surface area contributed by atoms with Crippen molar-refractivity contribution in [2.24, 2.45) is 11.8 Å². The average molecular weight is 163 g/mol. The highest BCUT2D eigenvalue weighted by molar-refractivity contribution is 6.18. The summed E-state index contributed by atoms with van der Waals surface area (Å²) in [5, 5.41) is 0. The quantitative estimate of drug-likeness (QED) is 0.581. The second-order valence-electron chi connectivity index (χ2n) is 3.08. The standard InChI is InChI=1S/C8H15ClO/c1-6(2)8(10)4-7(3)5-9/h6-7H,4-5H2,1-3H3. The number of Topliss-reactive ketones (excluding diaryl/α,β-unsaturated/α-hetero) is 1. The molecule has 0 N–H and O–H groups in total. The van der Waals surface area contributed by atoms with Gasteiger partial charge in [-0.15, -0.1) is 11.6 Å². The largest absolute Gasteiger partial charge is 0.299 e. The van der Waals surface area contributed by atoms with Crippen LogP contribution in [0.3, 0.4) is 0 Å².